The van der Waals surface area contributed by atoms with Gasteiger partial charge in [-0.05, 0) is 11.1 Å². The standard InChI is InChI=1S/C14H18N2O5S.C13H15NO3S.C3H7NO/c17-14(21-8-11-4-2-1-3-5-11)16-6-13(7-16)22(18,19)15-12-9-20-10-12;1-10(15)18-12-7-14(8-12)13(16)17-9-11-5-3-2-4-6-11;4-3-1-5-2-3/h1-5,12-13,15H,6-10H2;2-6,12H,7-9H2,1H3;3H,1-2,4H2. The molecule has 2 aromatic rings. The molecule has 45 heavy (non-hydrogen) atoms. The zero-order valence-electron chi connectivity index (χ0n) is 25.1. The summed E-state index contributed by atoms with van der Waals surface area (Å²) in [6, 6.07) is 19.1. The summed E-state index contributed by atoms with van der Waals surface area (Å²) in [6.45, 7) is 5.89. The van der Waals surface area contributed by atoms with E-state index in [1.54, 1.807) is 11.8 Å². The van der Waals surface area contributed by atoms with Gasteiger partial charge in [0.15, 0.2) is 5.12 Å². The van der Waals surface area contributed by atoms with Gasteiger partial charge in [-0.25, -0.2) is 22.7 Å². The van der Waals surface area contributed by atoms with Crippen molar-refractivity contribution in [3.63, 3.8) is 0 Å². The minimum Gasteiger partial charge on any atom is -0.445 e. The Labute approximate surface area is 267 Å². The van der Waals surface area contributed by atoms with Crippen molar-refractivity contribution < 1.29 is 41.7 Å². The van der Waals surface area contributed by atoms with E-state index in [0.717, 1.165) is 24.3 Å². The van der Waals surface area contributed by atoms with Crippen molar-refractivity contribution in [3.05, 3.63) is 71.8 Å². The lowest BCUT2D eigenvalue weighted by Crippen LogP contribution is -2.62. The predicted octanol–water partition coefficient (Wildman–Crippen LogP) is 1.96. The van der Waals surface area contributed by atoms with Crippen LogP contribution in [-0.4, -0.2) is 111 Å². The van der Waals surface area contributed by atoms with Crippen LogP contribution in [0.1, 0.15) is 18.1 Å². The van der Waals surface area contributed by atoms with Crippen LogP contribution in [0.2, 0.25) is 0 Å². The van der Waals surface area contributed by atoms with E-state index in [2.05, 4.69) is 4.72 Å². The van der Waals surface area contributed by atoms with Gasteiger partial charge in [0.1, 0.15) is 18.5 Å². The number of hydrogen-bond donors (Lipinski definition) is 2. The molecule has 15 heteroatoms. The van der Waals surface area contributed by atoms with Crippen LogP contribution >= 0.6 is 11.8 Å². The first-order valence-electron chi connectivity index (χ1n) is 14.6. The predicted molar refractivity (Wildman–Crippen MR) is 168 cm³/mol. The van der Waals surface area contributed by atoms with E-state index in [1.165, 1.54) is 16.7 Å². The summed E-state index contributed by atoms with van der Waals surface area (Å²) < 4.78 is 46.6. The lowest BCUT2D eigenvalue weighted by atomic mass is 10.2. The van der Waals surface area contributed by atoms with E-state index >= 15 is 0 Å². The van der Waals surface area contributed by atoms with E-state index in [-0.39, 0.29) is 42.2 Å². The maximum Gasteiger partial charge on any atom is 0.410 e. The van der Waals surface area contributed by atoms with Crippen LogP contribution in [0.25, 0.3) is 0 Å². The molecule has 0 spiro atoms. The number of sulfonamides is 1. The summed E-state index contributed by atoms with van der Waals surface area (Å²) >= 11 is 1.29. The van der Waals surface area contributed by atoms with E-state index in [0.29, 0.717) is 39.0 Å². The monoisotopic (exact) mass is 664 g/mol. The molecule has 0 radical (unpaired) electrons. The number of nitrogens with zero attached hydrogens (tertiary/aromatic N) is 2. The number of nitrogens with one attached hydrogen (secondary N) is 1. The zero-order valence-corrected chi connectivity index (χ0v) is 26.7. The molecule has 13 nitrogen and oxygen atoms in total. The van der Waals surface area contributed by atoms with Gasteiger partial charge < -0.3 is 34.5 Å². The number of carbonyl (C=O) groups is 3. The second-order valence-electron chi connectivity index (χ2n) is 10.9. The quantitative estimate of drug-likeness (QED) is 0.424. The number of thioether (sulfide) groups is 1. The molecular formula is C30H40N4O9S2. The summed E-state index contributed by atoms with van der Waals surface area (Å²) in [5.41, 5.74) is 7.12. The molecule has 0 bridgehead atoms. The van der Waals surface area contributed by atoms with Crippen LogP contribution < -0.4 is 10.5 Å². The van der Waals surface area contributed by atoms with Crippen LogP contribution in [0.5, 0.6) is 0 Å². The number of rotatable bonds is 8. The van der Waals surface area contributed by atoms with Crippen molar-refractivity contribution >= 4 is 39.1 Å². The van der Waals surface area contributed by atoms with Gasteiger partial charge in [0.25, 0.3) is 0 Å². The van der Waals surface area contributed by atoms with Crippen molar-refractivity contribution in [2.24, 2.45) is 5.73 Å². The molecule has 4 aliphatic rings. The molecular weight excluding hydrogens is 624 g/mol. The second kappa shape index (κ2) is 16.9. The second-order valence-corrected chi connectivity index (χ2v) is 14.4. The molecule has 0 unspecified atom stereocenters. The summed E-state index contributed by atoms with van der Waals surface area (Å²) in [5.74, 6) is 0. The molecule has 3 N–H and O–H groups in total. The van der Waals surface area contributed by atoms with Crippen molar-refractivity contribution in [1.29, 1.82) is 0 Å². The van der Waals surface area contributed by atoms with E-state index in [9.17, 15) is 22.8 Å². The molecule has 0 atom stereocenters. The Balaban J connectivity index is 0.000000180. The molecule has 4 saturated heterocycles. The van der Waals surface area contributed by atoms with Crippen LogP contribution in [0, 0.1) is 0 Å². The number of carbonyl (C=O) groups excluding carboxylic acids is 3. The Bertz CT molecular complexity index is 1350. The van der Waals surface area contributed by atoms with Gasteiger partial charge in [0, 0.05) is 38.4 Å². The first-order valence-corrected chi connectivity index (χ1v) is 17.0. The molecule has 246 valence electrons. The van der Waals surface area contributed by atoms with Crippen molar-refractivity contribution in [3.8, 4) is 0 Å². The third-order valence-electron chi connectivity index (χ3n) is 7.03. The number of nitrogens with two attached hydrogens (primary N) is 1. The Morgan fingerprint density at radius 2 is 1.27 bits per heavy atom. The summed E-state index contributed by atoms with van der Waals surface area (Å²) in [5, 5.41) is -0.249. The fourth-order valence-electron chi connectivity index (χ4n) is 4.19. The minimum atomic E-state index is -3.40. The average molecular weight is 665 g/mol. The molecule has 0 aromatic heterocycles. The SMILES string of the molecule is CC(=O)SC1CN(C(=O)OCc2ccccc2)C1.NC1COC1.O=C(OCc1ccccc1)N1CC(S(=O)(=O)NC2COC2)C1. The maximum absolute atomic E-state index is 12.0. The normalized spacial score (nSPS) is 18.4. The Kier molecular flexibility index (Phi) is 13.0. The summed E-state index contributed by atoms with van der Waals surface area (Å²) in [7, 11) is -3.40. The molecule has 4 heterocycles. The molecule has 2 amide bonds. The van der Waals surface area contributed by atoms with Gasteiger partial charge in [0.2, 0.25) is 10.0 Å². The zero-order chi connectivity index (χ0) is 32.2. The van der Waals surface area contributed by atoms with Gasteiger partial charge in [0.05, 0.1) is 38.5 Å². The van der Waals surface area contributed by atoms with Crippen LogP contribution in [0.3, 0.4) is 0 Å². The first-order chi connectivity index (χ1) is 21.6. The number of ether oxygens (including phenoxy) is 4. The Hall–Kier alpha value is -3.21. The van der Waals surface area contributed by atoms with Gasteiger partial charge in [-0.1, -0.05) is 72.4 Å². The molecule has 0 aliphatic carbocycles. The Morgan fingerprint density at radius 1 is 0.822 bits per heavy atom. The Morgan fingerprint density at radius 3 is 1.64 bits per heavy atom. The molecule has 2 aromatic carbocycles. The lowest BCUT2D eigenvalue weighted by molar-refractivity contribution is -0.109. The third-order valence-corrected chi connectivity index (χ3v) is 9.83. The first kappa shape index (κ1) is 34.7. The van der Waals surface area contributed by atoms with Gasteiger partial charge in [-0.15, -0.1) is 0 Å². The summed E-state index contributed by atoms with van der Waals surface area (Å²) in [4.78, 5) is 37.3. The molecule has 6 rings (SSSR count). The third kappa shape index (κ3) is 11.3. The fraction of sp³-hybridized carbons (Fsp3) is 0.500. The topological polar surface area (TPSA) is 167 Å². The van der Waals surface area contributed by atoms with E-state index in [4.69, 9.17) is 24.7 Å². The van der Waals surface area contributed by atoms with Crippen molar-refractivity contribution in [2.75, 3.05) is 52.6 Å². The number of likely N-dealkylation sites (tertiary alicyclic amines) is 2. The highest BCUT2D eigenvalue weighted by molar-refractivity contribution is 8.14. The van der Waals surface area contributed by atoms with Gasteiger partial charge >= 0.3 is 12.2 Å². The average Bonchev–Trinajstić information content (AvgIpc) is 2.94. The fourth-order valence-corrected chi connectivity index (χ4v) is 6.71. The molecule has 4 aliphatic heterocycles. The maximum atomic E-state index is 12.0. The van der Waals surface area contributed by atoms with Crippen molar-refractivity contribution in [1.82, 2.24) is 14.5 Å². The highest BCUT2D eigenvalue weighted by Gasteiger charge is 2.42. The molecule has 4 fully saturated rings. The highest BCUT2D eigenvalue weighted by atomic mass is 32.2. The lowest BCUT2D eigenvalue weighted by Gasteiger charge is -2.39. The van der Waals surface area contributed by atoms with E-state index < -0.39 is 21.4 Å². The van der Waals surface area contributed by atoms with E-state index in [1.807, 2.05) is 60.7 Å². The minimum absolute atomic E-state index is 0.0947. The van der Waals surface area contributed by atoms with Crippen LogP contribution in [0.15, 0.2) is 60.7 Å². The van der Waals surface area contributed by atoms with Crippen LogP contribution in [0.4, 0.5) is 9.59 Å². The number of hydrogen-bond acceptors (Lipinski definition) is 11. The number of benzene rings is 2. The molecule has 0 saturated carbocycles. The largest absolute Gasteiger partial charge is 0.445 e. The van der Waals surface area contributed by atoms with Crippen molar-refractivity contribution in [2.45, 2.75) is 42.7 Å². The van der Waals surface area contributed by atoms with Gasteiger partial charge in [-0.2, -0.15) is 0 Å². The smallest absolute Gasteiger partial charge is 0.410 e. The van der Waals surface area contributed by atoms with Gasteiger partial charge in [-0.3, -0.25) is 4.79 Å². The number of amides is 2. The highest BCUT2D eigenvalue weighted by Crippen LogP contribution is 2.23. The summed E-state index contributed by atoms with van der Waals surface area (Å²) in [6.07, 6.45) is -0.790. The van der Waals surface area contributed by atoms with Crippen LogP contribution in [-0.2, 0) is 47.0 Å².